The van der Waals surface area contributed by atoms with E-state index >= 15 is 0 Å². The predicted octanol–water partition coefficient (Wildman–Crippen LogP) is 6.36. The zero-order chi connectivity index (χ0) is 23.1. The predicted molar refractivity (Wildman–Crippen MR) is 127 cm³/mol. The number of hydrogen-bond donors (Lipinski definition) is 1. The molecule has 9 heteroatoms. The Morgan fingerprint density at radius 1 is 1.06 bits per heavy atom. The highest BCUT2D eigenvalue weighted by Crippen LogP contribution is 2.44. The first kappa shape index (κ1) is 22.3. The molecule has 1 heterocycles. The summed E-state index contributed by atoms with van der Waals surface area (Å²) in [5.74, 6) is 1.25. The Morgan fingerprint density at radius 2 is 1.82 bits per heavy atom. The standard InChI is InChI=1S/C24H20Cl3N3O3/c25-15-3-6-17(7-4-15)33-24-18(12-31)22(23(32)28-20-10-13-1-2-14(20)9-13)29-30(24)21-8-5-16(26)11-19(21)27/h3-8,11-14,20H,1-2,9-10H2,(H,28,32)/t13?,14?,20-/m0/s1. The second kappa shape index (κ2) is 9.01. The molecule has 3 atom stereocenters. The van der Waals surface area contributed by atoms with E-state index in [-0.39, 0.29) is 23.2 Å². The van der Waals surface area contributed by atoms with Crippen LogP contribution in [0.5, 0.6) is 11.6 Å². The van der Waals surface area contributed by atoms with Gasteiger partial charge in [-0.3, -0.25) is 9.59 Å². The lowest BCUT2D eigenvalue weighted by atomic mass is 9.95. The van der Waals surface area contributed by atoms with Gasteiger partial charge < -0.3 is 10.1 Å². The molecule has 2 aromatic carbocycles. The van der Waals surface area contributed by atoms with Crippen LogP contribution in [-0.2, 0) is 0 Å². The quantitative estimate of drug-likeness (QED) is 0.397. The van der Waals surface area contributed by atoms with Gasteiger partial charge in [-0.2, -0.15) is 9.78 Å². The molecule has 6 nitrogen and oxygen atoms in total. The molecular formula is C24H20Cl3N3O3. The van der Waals surface area contributed by atoms with Crippen LogP contribution in [0.4, 0.5) is 0 Å². The van der Waals surface area contributed by atoms with Crippen molar-refractivity contribution < 1.29 is 14.3 Å². The van der Waals surface area contributed by atoms with Crippen LogP contribution in [0.15, 0.2) is 42.5 Å². The summed E-state index contributed by atoms with van der Waals surface area (Å²) in [5.41, 5.74) is 0.450. The summed E-state index contributed by atoms with van der Waals surface area (Å²) >= 11 is 18.4. The number of carbonyl (C=O) groups excluding carboxylic acids is 2. The number of hydrogen-bond acceptors (Lipinski definition) is 4. The lowest BCUT2D eigenvalue weighted by molar-refractivity contribution is 0.0912. The van der Waals surface area contributed by atoms with Crippen molar-refractivity contribution in [3.8, 4) is 17.3 Å². The number of benzene rings is 2. The van der Waals surface area contributed by atoms with E-state index in [4.69, 9.17) is 39.5 Å². The van der Waals surface area contributed by atoms with Crippen molar-refractivity contribution in [3.63, 3.8) is 0 Å². The summed E-state index contributed by atoms with van der Waals surface area (Å²) in [5, 5.41) is 8.82. The van der Waals surface area contributed by atoms with E-state index in [0.717, 1.165) is 19.3 Å². The smallest absolute Gasteiger partial charge is 0.272 e. The number of amides is 1. The summed E-state index contributed by atoms with van der Waals surface area (Å²) in [6, 6.07) is 11.6. The van der Waals surface area contributed by atoms with Crippen molar-refractivity contribution in [1.82, 2.24) is 15.1 Å². The topological polar surface area (TPSA) is 73.2 Å². The fourth-order valence-corrected chi connectivity index (χ4v) is 5.49. The van der Waals surface area contributed by atoms with Crippen LogP contribution in [0.3, 0.4) is 0 Å². The molecule has 0 saturated heterocycles. The molecule has 2 fully saturated rings. The minimum absolute atomic E-state index is 0.0113. The van der Waals surface area contributed by atoms with Crippen molar-refractivity contribution >= 4 is 47.0 Å². The van der Waals surface area contributed by atoms with Gasteiger partial charge >= 0.3 is 0 Å². The molecule has 0 radical (unpaired) electrons. The van der Waals surface area contributed by atoms with Crippen molar-refractivity contribution in [2.45, 2.75) is 31.7 Å². The molecule has 33 heavy (non-hydrogen) atoms. The van der Waals surface area contributed by atoms with Gasteiger partial charge in [-0.05, 0) is 73.6 Å². The van der Waals surface area contributed by atoms with Crippen molar-refractivity contribution in [2.75, 3.05) is 0 Å². The number of aromatic nitrogens is 2. The Bertz CT molecular complexity index is 1230. The summed E-state index contributed by atoms with van der Waals surface area (Å²) in [6.07, 6.45) is 5.03. The first-order valence-corrected chi connectivity index (χ1v) is 11.8. The zero-order valence-corrected chi connectivity index (χ0v) is 19.7. The molecular weight excluding hydrogens is 485 g/mol. The van der Waals surface area contributed by atoms with Gasteiger partial charge in [-0.1, -0.05) is 41.2 Å². The molecule has 0 spiro atoms. The van der Waals surface area contributed by atoms with Crippen LogP contribution < -0.4 is 10.1 Å². The molecule has 1 amide bonds. The van der Waals surface area contributed by atoms with E-state index in [1.54, 1.807) is 42.5 Å². The van der Waals surface area contributed by atoms with Crippen LogP contribution in [0.25, 0.3) is 5.69 Å². The Kier molecular flexibility index (Phi) is 6.08. The molecule has 2 unspecified atom stereocenters. The molecule has 2 aliphatic carbocycles. The maximum atomic E-state index is 13.2. The zero-order valence-electron chi connectivity index (χ0n) is 17.4. The van der Waals surface area contributed by atoms with E-state index in [1.807, 2.05) is 0 Å². The molecule has 170 valence electrons. The van der Waals surface area contributed by atoms with Crippen molar-refractivity contribution in [1.29, 1.82) is 0 Å². The summed E-state index contributed by atoms with van der Waals surface area (Å²) in [6.45, 7) is 0. The second-order valence-corrected chi connectivity index (χ2v) is 9.78. The lowest BCUT2D eigenvalue weighted by Crippen LogP contribution is -2.39. The van der Waals surface area contributed by atoms with Crippen LogP contribution in [0.2, 0.25) is 15.1 Å². The Morgan fingerprint density at radius 3 is 2.45 bits per heavy atom. The maximum Gasteiger partial charge on any atom is 0.272 e. The van der Waals surface area contributed by atoms with Gasteiger partial charge in [0.05, 0.1) is 10.7 Å². The van der Waals surface area contributed by atoms with Gasteiger partial charge in [-0.25, -0.2) is 0 Å². The van der Waals surface area contributed by atoms with Crippen LogP contribution >= 0.6 is 34.8 Å². The Balaban J connectivity index is 1.56. The van der Waals surface area contributed by atoms with Crippen LogP contribution in [0.1, 0.15) is 46.5 Å². The molecule has 3 aromatic rings. The van der Waals surface area contributed by atoms with Gasteiger partial charge in [0.15, 0.2) is 12.0 Å². The minimum Gasteiger partial charge on any atom is -0.438 e. The van der Waals surface area contributed by atoms with E-state index < -0.39 is 5.91 Å². The number of nitrogens with one attached hydrogen (secondary N) is 1. The number of carbonyl (C=O) groups is 2. The normalized spacial score (nSPS) is 21.2. The average molecular weight is 505 g/mol. The van der Waals surface area contributed by atoms with E-state index in [1.165, 1.54) is 11.1 Å². The molecule has 2 saturated carbocycles. The first-order valence-electron chi connectivity index (χ1n) is 10.7. The third kappa shape index (κ3) is 4.35. The van der Waals surface area contributed by atoms with Gasteiger partial charge in [0, 0.05) is 16.1 Å². The number of halogens is 3. The third-order valence-corrected chi connectivity index (χ3v) is 7.22. The summed E-state index contributed by atoms with van der Waals surface area (Å²) in [4.78, 5) is 25.4. The molecule has 2 bridgehead atoms. The number of rotatable bonds is 6. The summed E-state index contributed by atoms with van der Waals surface area (Å²) < 4.78 is 7.37. The highest BCUT2D eigenvalue weighted by molar-refractivity contribution is 6.35. The minimum atomic E-state index is -0.403. The van der Waals surface area contributed by atoms with Gasteiger partial charge in [-0.15, -0.1) is 0 Å². The number of aldehydes is 1. The van der Waals surface area contributed by atoms with E-state index in [9.17, 15) is 9.59 Å². The maximum absolute atomic E-state index is 13.2. The first-order chi connectivity index (χ1) is 15.9. The molecule has 5 rings (SSSR count). The molecule has 1 aromatic heterocycles. The van der Waals surface area contributed by atoms with Crippen LogP contribution in [0, 0.1) is 11.8 Å². The molecule has 1 N–H and O–H groups in total. The second-order valence-electron chi connectivity index (χ2n) is 8.50. The Hall–Kier alpha value is -2.54. The highest BCUT2D eigenvalue weighted by atomic mass is 35.5. The van der Waals surface area contributed by atoms with Crippen LogP contribution in [-0.4, -0.2) is 28.0 Å². The molecule has 2 aliphatic rings. The average Bonchev–Trinajstić information content (AvgIpc) is 3.50. The monoisotopic (exact) mass is 503 g/mol. The fraction of sp³-hybridized carbons (Fsp3) is 0.292. The number of nitrogens with zero attached hydrogens (tertiary/aromatic N) is 2. The molecule has 0 aliphatic heterocycles. The highest BCUT2D eigenvalue weighted by Gasteiger charge is 2.41. The third-order valence-electron chi connectivity index (χ3n) is 6.43. The number of ether oxygens (including phenoxy) is 1. The fourth-order valence-electron chi connectivity index (χ4n) is 4.88. The Labute approximate surface area is 205 Å². The lowest BCUT2D eigenvalue weighted by Gasteiger charge is -2.22. The SMILES string of the molecule is O=Cc1c(C(=O)N[C@H]2CC3CCC2C3)nn(-c2ccc(Cl)cc2Cl)c1Oc1ccc(Cl)cc1. The largest absolute Gasteiger partial charge is 0.438 e. The van der Waals surface area contributed by atoms with Gasteiger partial charge in [0.25, 0.3) is 5.91 Å². The van der Waals surface area contributed by atoms with Crippen molar-refractivity contribution in [3.05, 3.63) is 68.8 Å². The van der Waals surface area contributed by atoms with E-state index in [0.29, 0.717) is 44.6 Å². The summed E-state index contributed by atoms with van der Waals surface area (Å²) in [7, 11) is 0. The van der Waals surface area contributed by atoms with E-state index in [2.05, 4.69) is 10.4 Å². The van der Waals surface area contributed by atoms with Gasteiger partial charge in [0.1, 0.15) is 11.3 Å². The van der Waals surface area contributed by atoms with Crippen molar-refractivity contribution in [2.24, 2.45) is 11.8 Å². The van der Waals surface area contributed by atoms with Gasteiger partial charge in [0.2, 0.25) is 5.88 Å². The number of fused-ring (bicyclic) bond motifs is 2.